The summed E-state index contributed by atoms with van der Waals surface area (Å²) in [6, 6.07) is 9.02. The van der Waals surface area contributed by atoms with E-state index < -0.39 is 17.7 Å². The van der Waals surface area contributed by atoms with E-state index in [-0.39, 0.29) is 23.4 Å². The molecule has 10 heteroatoms. The fourth-order valence-electron chi connectivity index (χ4n) is 3.93. The second-order valence-corrected chi connectivity index (χ2v) is 9.51. The van der Waals surface area contributed by atoms with Gasteiger partial charge in [0.05, 0.1) is 18.0 Å². The monoisotopic (exact) mass is 498 g/mol. The molecule has 35 heavy (non-hydrogen) atoms. The van der Waals surface area contributed by atoms with Gasteiger partial charge in [-0.2, -0.15) is 0 Å². The summed E-state index contributed by atoms with van der Waals surface area (Å²) < 4.78 is 12.2. The zero-order valence-electron chi connectivity index (χ0n) is 20.3. The maximum absolute atomic E-state index is 12.8. The Morgan fingerprint density at radius 3 is 2.66 bits per heavy atom. The summed E-state index contributed by atoms with van der Waals surface area (Å²) in [5, 5.41) is 2.89. The number of anilines is 1. The van der Waals surface area contributed by atoms with Crippen LogP contribution in [0.3, 0.4) is 0 Å². The van der Waals surface area contributed by atoms with E-state index in [9.17, 15) is 14.4 Å². The van der Waals surface area contributed by atoms with Gasteiger partial charge >= 0.3 is 12.1 Å². The number of carbonyl (C=O) groups is 3. The minimum Gasteiger partial charge on any atom is -0.461 e. The first-order valence-electron chi connectivity index (χ1n) is 11.3. The van der Waals surface area contributed by atoms with Crippen molar-refractivity contribution in [1.82, 2.24) is 14.7 Å². The first-order chi connectivity index (χ1) is 16.5. The second-order valence-electron chi connectivity index (χ2n) is 9.15. The summed E-state index contributed by atoms with van der Waals surface area (Å²) in [6.45, 7) is 7.74. The van der Waals surface area contributed by atoms with Crippen molar-refractivity contribution in [3.8, 4) is 11.3 Å². The van der Waals surface area contributed by atoms with E-state index in [1.54, 1.807) is 57.3 Å². The Morgan fingerprint density at radius 2 is 1.97 bits per heavy atom. The molecule has 1 aromatic carbocycles. The smallest absolute Gasteiger partial charge is 0.414 e. The Balaban J connectivity index is 1.90. The van der Waals surface area contributed by atoms with Crippen molar-refractivity contribution in [1.29, 1.82) is 0 Å². The maximum atomic E-state index is 12.8. The fourth-order valence-corrected chi connectivity index (χ4v) is 4.22. The molecular formula is C25H27ClN4O5. The van der Waals surface area contributed by atoms with E-state index in [0.29, 0.717) is 35.6 Å². The molecule has 1 N–H and O–H groups in total. The highest BCUT2D eigenvalue weighted by Gasteiger charge is 2.28. The summed E-state index contributed by atoms with van der Waals surface area (Å²) >= 11 is 6.67. The number of nitrogens with zero attached hydrogens (tertiary/aromatic N) is 3. The molecule has 2 amide bonds. The average Bonchev–Trinajstić information content (AvgIpc) is 3.14. The van der Waals surface area contributed by atoms with Crippen LogP contribution >= 0.6 is 11.6 Å². The van der Waals surface area contributed by atoms with Crippen molar-refractivity contribution in [3.05, 3.63) is 52.3 Å². The van der Waals surface area contributed by atoms with Crippen molar-refractivity contribution in [2.24, 2.45) is 0 Å². The minimum absolute atomic E-state index is 0.0582. The van der Waals surface area contributed by atoms with E-state index in [1.807, 2.05) is 12.1 Å². The van der Waals surface area contributed by atoms with Crippen molar-refractivity contribution in [3.63, 3.8) is 0 Å². The number of esters is 1. The van der Waals surface area contributed by atoms with Gasteiger partial charge in [-0.1, -0.05) is 17.7 Å². The Labute approximate surface area is 208 Å². The number of hydrogen-bond acceptors (Lipinski definition) is 6. The lowest BCUT2D eigenvalue weighted by Crippen LogP contribution is -2.34. The Hall–Kier alpha value is -3.59. The number of halogens is 1. The summed E-state index contributed by atoms with van der Waals surface area (Å²) in [7, 11) is 1.56. The first-order valence-corrected chi connectivity index (χ1v) is 11.7. The average molecular weight is 499 g/mol. The lowest BCUT2D eigenvalue weighted by molar-refractivity contribution is 0.0519. The van der Waals surface area contributed by atoms with Gasteiger partial charge in [0, 0.05) is 19.2 Å². The van der Waals surface area contributed by atoms with Crippen LogP contribution in [-0.4, -0.2) is 53.2 Å². The molecule has 3 heterocycles. The molecule has 1 aliphatic heterocycles. The van der Waals surface area contributed by atoms with E-state index in [2.05, 4.69) is 10.3 Å². The molecular weight excluding hydrogens is 472 g/mol. The number of nitrogens with one attached hydrogen (secondary N) is 1. The van der Waals surface area contributed by atoms with Crippen molar-refractivity contribution < 1.29 is 23.9 Å². The van der Waals surface area contributed by atoms with Gasteiger partial charge in [-0.15, -0.1) is 0 Å². The summed E-state index contributed by atoms with van der Waals surface area (Å²) in [6.07, 6.45) is 0.118. The van der Waals surface area contributed by atoms with Crippen LogP contribution in [0.4, 0.5) is 10.5 Å². The lowest BCUT2D eigenvalue weighted by atomic mass is 9.96. The number of benzene rings is 1. The number of hydrogen-bond donors (Lipinski definition) is 1. The molecule has 3 aromatic rings. The van der Waals surface area contributed by atoms with Crippen LogP contribution in [0, 0.1) is 0 Å². The van der Waals surface area contributed by atoms with Gasteiger partial charge in [0.1, 0.15) is 10.8 Å². The number of pyridine rings is 1. The summed E-state index contributed by atoms with van der Waals surface area (Å²) in [4.78, 5) is 43.3. The van der Waals surface area contributed by atoms with Crippen molar-refractivity contribution in [2.45, 2.75) is 39.7 Å². The molecule has 1 aliphatic rings. The Bertz CT molecular complexity index is 1340. The molecule has 9 nitrogen and oxygen atoms in total. The van der Waals surface area contributed by atoms with Crippen LogP contribution < -0.4 is 10.2 Å². The molecule has 0 unspecified atom stereocenters. The predicted octanol–water partition coefficient (Wildman–Crippen LogP) is 4.49. The molecule has 0 radical (unpaired) electrons. The van der Waals surface area contributed by atoms with Gasteiger partial charge in [0.2, 0.25) is 0 Å². The number of aromatic nitrogens is 2. The number of ether oxygens (including phenoxy) is 2. The highest BCUT2D eigenvalue weighted by Crippen LogP contribution is 2.34. The third-order valence-corrected chi connectivity index (χ3v) is 5.86. The van der Waals surface area contributed by atoms with Crippen molar-refractivity contribution in [2.75, 3.05) is 25.1 Å². The first kappa shape index (κ1) is 24.5. The largest absolute Gasteiger partial charge is 0.461 e. The fraction of sp³-hybridized carbons (Fsp3) is 0.360. The number of imidazole rings is 1. The van der Waals surface area contributed by atoms with E-state index in [4.69, 9.17) is 21.1 Å². The predicted molar refractivity (Wildman–Crippen MR) is 132 cm³/mol. The molecule has 4 rings (SSSR count). The van der Waals surface area contributed by atoms with Gasteiger partial charge in [-0.25, -0.2) is 14.6 Å². The molecule has 0 spiro atoms. The molecule has 0 atom stereocenters. The molecule has 0 saturated carbocycles. The van der Waals surface area contributed by atoms with Gasteiger partial charge in [0.25, 0.3) is 5.91 Å². The highest BCUT2D eigenvalue weighted by atomic mass is 35.5. The topological polar surface area (TPSA) is 102 Å². The Morgan fingerprint density at radius 1 is 1.23 bits per heavy atom. The quantitative estimate of drug-likeness (QED) is 0.532. The molecule has 0 bridgehead atoms. The summed E-state index contributed by atoms with van der Waals surface area (Å²) in [5.74, 6) is -0.775. The van der Waals surface area contributed by atoms with Crippen LogP contribution in [0.25, 0.3) is 16.9 Å². The number of carbonyl (C=O) groups excluding carboxylic acids is 3. The highest BCUT2D eigenvalue weighted by molar-refractivity contribution is 6.33. The van der Waals surface area contributed by atoms with Crippen LogP contribution in [0.1, 0.15) is 54.1 Å². The molecule has 0 saturated heterocycles. The number of fused-ring (bicyclic) bond motifs is 2. The van der Waals surface area contributed by atoms with Crippen LogP contribution in [0.2, 0.25) is 5.15 Å². The van der Waals surface area contributed by atoms with Crippen LogP contribution in [0.15, 0.2) is 30.3 Å². The lowest BCUT2D eigenvalue weighted by Gasteiger charge is -2.25. The zero-order valence-corrected chi connectivity index (χ0v) is 21.0. The third kappa shape index (κ3) is 4.68. The van der Waals surface area contributed by atoms with Gasteiger partial charge in [-0.3, -0.25) is 14.1 Å². The minimum atomic E-state index is -0.694. The standard InChI is InChI=1S/C25H27ClN4O5/c1-6-34-23(32)19-20(26)30-17(15-7-8-16-14(13-15)11-12-27-22(16)31)9-10-18(21(30)28-19)29(5)24(33)35-25(2,3)4/h7-10,13H,6,11-12H2,1-5H3,(H,27,31). The third-order valence-electron chi connectivity index (χ3n) is 5.51. The maximum Gasteiger partial charge on any atom is 0.414 e. The molecule has 184 valence electrons. The molecule has 0 aliphatic carbocycles. The summed E-state index contributed by atoms with van der Waals surface area (Å²) in [5.41, 5.74) is 2.90. The SMILES string of the molecule is CCOC(=O)c1nc2c(N(C)C(=O)OC(C)(C)C)ccc(-c3ccc4c(c3)CCNC4=O)n2c1Cl. The Kier molecular flexibility index (Phi) is 6.46. The number of amides is 2. The van der Waals surface area contributed by atoms with E-state index in [1.165, 1.54) is 4.90 Å². The van der Waals surface area contributed by atoms with Crippen LogP contribution in [0.5, 0.6) is 0 Å². The number of rotatable bonds is 4. The van der Waals surface area contributed by atoms with Crippen molar-refractivity contribution >= 4 is 40.9 Å². The normalized spacial score (nSPS) is 13.3. The van der Waals surface area contributed by atoms with E-state index in [0.717, 1.165) is 11.1 Å². The zero-order chi connectivity index (χ0) is 25.5. The van der Waals surface area contributed by atoms with Gasteiger partial charge in [0.15, 0.2) is 11.3 Å². The van der Waals surface area contributed by atoms with Gasteiger partial charge < -0.3 is 14.8 Å². The van der Waals surface area contributed by atoms with Gasteiger partial charge in [-0.05, 0) is 69.5 Å². The van der Waals surface area contributed by atoms with Crippen LogP contribution in [-0.2, 0) is 15.9 Å². The molecule has 0 fully saturated rings. The second kappa shape index (κ2) is 9.22. The molecule has 2 aromatic heterocycles. The van der Waals surface area contributed by atoms with E-state index >= 15 is 0 Å².